The van der Waals surface area contributed by atoms with Crippen molar-refractivity contribution in [3.05, 3.63) is 53.3 Å². The van der Waals surface area contributed by atoms with E-state index in [1.165, 1.54) is 11.3 Å². The molecule has 24 heavy (non-hydrogen) atoms. The number of aromatic nitrogens is 1. The van der Waals surface area contributed by atoms with E-state index in [9.17, 15) is 4.79 Å². The first kappa shape index (κ1) is 16.3. The van der Waals surface area contributed by atoms with Crippen LogP contribution in [0.4, 0.5) is 5.13 Å². The van der Waals surface area contributed by atoms with Gasteiger partial charge >= 0.3 is 0 Å². The van der Waals surface area contributed by atoms with Gasteiger partial charge in [-0.15, -0.1) is 11.3 Å². The van der Waals surface area contributed by atoms with Crippen molar-refractivity contribution < 1.29 is 13.9 Å². The summed E-state index contributed by atoms with van der Waals surface area (Å²) in [5.41, 5.74) is 1.88. The molecule has 0 aliphatic rings. The van der Waals surface area contributed by atoms with Crippen molar-refractivity contribution >= 4 is 22.4 Å². The van der Waals surface area contributed by atoms with Gasteiger partial charge in [0.05, 0.1) is 19.1 Å². The third-order valence-corrected chi connectivity index (χ3v) is 4.47. The maximum absolute atomic E-state index is 12.0. The van der Waals surface area contributed by atoms with E-state index in [0.717, 1.165) is 27.6 Å². The van der Waals surface area contributed by atoms with E-state index >= 15 is 0 Å². The minimum absolute atomic E-state index is 0.0681. The fourth-order valence-corrected chi connectivity index (χ4v) is 3.19. The van der Waals surface area contributed by atoms with Crippen LogP contribution in [0.25, 0.3) is 11.3 Å². The van der Waals surface area contributed by atoms with Gasteiger partial charge in [-0.25, -0.2) is 4.98 Å². The van der Waals surface area contributed by atoms with Crippen molar-refractivity contribution in [3.8, 4) is 17.0 Å². The molecule has 1 aromatic carbocycles. The molecular formula is C18H18N2O3S. The zero-order valence-corrected chi connectivity index (χ0v) is 14.4. The second-order valence-corrected chi connectivity index (χ2v) is 6.48. The van der Waals surface area contributed by atoms with Crippen molar-refractivity contribution in [2.75, 3.05) is 12.4 Å². The van der Waals surface area contributed by atoms with Crippen molar-refractivity contribution in [2.45, 2.75) is 19.8 Å². The molecule has 1 amide bonds. The van der Waals surface area contributed by atoms with E-state index < -0.39 is 0 Å². The molecule has 5 nitrogen and oxygen atoms in total. The molecule has 3 rings (SSSR count). The SMILES string of the molecule is COc1ccc(-c2nc(NC(=O)CCc3ccco3)sc2C)cc1. The predicted molar refractivity (Wildman–Crippen MR) is 94.5 cm³/mol. The summed E-state index contributed by atoms with van der Waals surface area (Å²) in [6.07, 6.45) is 2.55. The van der Waals surface area contributed by atoms with E-state index in [1.807, 2.05) is 43.3 Å². The molecule has 6 heteroatoms. The maximum Gasteiger partial charge on any atom is 0.226 e. The number of hydrogen-bond acceptors (Lipinski definition) is 5. The largest absolute Gasteiger partial charge is 0.497 e. The predicted octanol–water partition coefficient (Wildman–Crippen LogP) is 4.29. The normalized spacial score (nSPS) is 10.6. The van der Waals surface area contributed by atoms with Crippen LogP contribution in [-0.2, 0) is 11.2 Å². The number of benzene rings is 1. The highest BCUT2D eigenvalue weighted by molar-refractivity contribution is 7.16. The maximum atomic E-state index is 12.0. The quantitative estimate of drug-likeness (QED) is 0.726. The van der Waals surface area contributed by atoms with Crippen LogP contribution in [0.1, 0.15) is 17.1 Å². The Morgan fingerprint density at radius 2 is 2.08 bits per heavy atom. The molecule has 0 aliphatic heterocycles. The molecule has 2 heterocycles. The first-order valence-electron chi connectivity index (χ1n) is 7.60. The van der Waals surface area contributed by atoms with Gasteiger partial charge in [0.1, 0.15) is 11.5 Å². The molecular weight excluding hydrogens is 324 g/mol. The number of carbonyl (C=O) groups is 1. The van der Waals surface area contributed by atoms with E-state index in [2.05, 4.69) is 10.3 Å². The average molecular weight is 342 g/mol. The first-order chi connectivity index (χ1) is 11.7. The van der Waals surface area contributed by atoms with E-state index in [0.29, 0.717) is 18.0 Å². The lowest BCUT2D eigenvalue weighted by molar-refractivity contribution is -0.116. The molecule has 0 spiro atoms. The summed E-state index contributed by atoms with van der Waals surface area (Å²) in [4.78, 5) is 17.6. The Morgan fingerprint density at radius 1 is 1.29 bits per heavy atom. The molecule has 0 bridgehead atoms. The topological polar surface area (TPSA) is 64.4 Å². The van der Waals surface area contributed by atoms with Crippen LogP contribution < -0.4 is 10.1 Å². The number of nitrogens with zero attached hydrogens (tertiary/aromatic N) is 1. The van der Waals surface area contributed by atoms with Crippen molar-refractivity contribution in [1.29, 1.82) is 0 Å². The van der Waals surface area contributed by atoms with Gasteiger partial charge in [-0.3, -0.25) is 4.79 Å². The van der Waals surface area contributed by atoms with Gasteiger partial charge in [-0.05, 0) is 43.3 Å². The smallest absolute Gasteiger partial charge is 0.226 e. The van der Waals surface area contributed by atoms with Gasteiger partial charge in [0.15, 0.2) is 5.13 Å². The zero-order chi connectivity index (χ0) is 16.9. The summed E-state index contributed by atoms with van der Waals surface area (Å²) in [5.74, 6) is 1.54. The molecule has 0 saturated carbocycles. The van der Waals surface area contributed by atoms with Crippen LogP contribution in [0.2, 0.25) is 0 Å². The first-order valence-corrected chi connectivity index (χ1v) is 8.41. The summed E-state index contributed by atoms with van der Waals surface area (Å²) in [6.45, 7) is 2.00. The number of methoxy groups -OCH3 is 1. The molecule has 0 unspecified atom stereocenters. The summed E-state index contributed by atoms with van der Waals surface area (Å²) in [5, 5.41) is 3.47. The summed E-state index contributed by atoms with van der Waals surface area (Å²) in [6, 6.07) is 11.4. The van der Waals surface area contributed by atoms with Crippen molar-refractivity contribution in [3.63, 3.8) is 0 Å². The van der Waals surface area contributed by atoms with Crippen molar-refractivity contribution in [2.24, 2.45) is 0 Å². The van der Waals surface area contributed by atoms with E-state index in [1.54, 1.807) is 13.4 Å². The number of amides is 1. The van der Waals surface area contributed by atoms with Gasteiger partial charge in [-0.1, -0.05) is 0 Å². The fraction of sp³-hybridized carbons (Fsp3) is 0.222. The van der Waals surface area contributed by atoms with Crippen LogP contribution >= 0.6 is 11.3 Å². The number of rotatable bonds is 6. The summed E-state index contributed by atoms with van der Waals surface area (Å²) < 4.78 is 10.4. The molecule has 124 valence electrons. The Morgan fingerprint density at radius 3 is 2.75 bits per heavy atom. The number of aryl methyl sites for hydroxylation is 2. The number of nitrogens with one attached hydrogen (secondary N) is 1. The monoisotopic (exact) mass is 342 g/mol. The molecule has 3 aromatic rings. The number of furan rings is 1. The Hall–Kier alpha value is -2.60. The average Bonchev–Trinajstić information content (AvgIpc) is 3.23. The minimum atomic E-state index is -0.0681. The van der Waals surface area contributed by atoms with E-state index in [-0.39, 0.29) is 5.91 Å². The molecule has 2 aromatic heterocycles. The Kier molecular flexibility index (Phi) is 4.96. The number of anilines is 1. The van der Waals surface area contributed by atoms with Gasteiger partial charge in [0, 0.05) is 23.3 Å². The Labute approximate surface area is 144 Å². The second kappa shape index (κ2) is 7.31. The highest BCUT2D eigenvalue weighted by atomic mass is 32.1. The van der Waals surface area contributed by atoms with Crippen LogP contribution in [-0.4, -0.2) is 18.0 Å². The number of thiazole rings is 1. The van der Waals surface area contributed by atoms with Crippen LogP contribution in [0.3, 0.4) is 0 Å². The number of carbonyl (C=O) groups excluding carboxylic acids is 1. The standard InChI is InChI=1S/C18H18N2O3S/c1-12-17(13-5-7-14(22-2)8-6-13)20-18(24-12)19-16(21)10-9-15-4-3-11-23-15/h3-8,11H,9-10H2,1-2H3,(H,19,20,21). The molecule has 1 N–H and O–H groups in total. The van der Waals surface area contributed by atoms with Gasteiger partial charge in [-0.2, -0.15) is 0 Å². The van der Waals surface area contributed by atoms with Gasteiger partial charge in [0.25, 0.3) is 0 Å². The van der Waals surface area contributed by atoms with Gasteiger partial charge < -0.3 is 14.5 Å². The highest BCUT2D eigenvalue weighted by Gasteiger charge is 2.12. The summed E-state index contributed by atoms with van der Waals surface area (Å²) >= 11 is 1.47. The lowest BCUT2D eigenvalue weighted by atomic mass is 10.1. The fourth-order valence-electron chi connectivity index (χ4n) is 2.34. The minimum Gasteiger partial charge on any atom is -0.497 e. The Balaban J connectivity index is 1.65. The lowest BCUT2D eigenvalue weighted by Gasteiger charge is -2.02. The second-order valence-electron chi connectivity index (χ2n) is 5.28. The van der Waals surface area contributed by atoms with Gasteiger partial charge in [0.2, 0.25) is 5.91 Å². The highest BCUT2D eigenvalue weighted by Crippen LogP contribution is 2.31. The van der Waals surface area contributed by atoms with Crippen LogP contribution in [0, 0.1) is 6.92 Å². The van der Waals surface area contributed by atoms with Crippen LogP contribution in [0.15, 0.2) is 47.1 Å². The molecule has 0 fully saturated rings. The number of hydrogen-bond donors (Lipinski definition) is 1. The molecule has 0 saturated heterocycles. The lowest BCUT2D eigenvalue weighted by Crippen LogP contribution is -2.11. The third kappa shape index (κ3) is 3.83. The Bertz CT molecular complexity index is 807. The molecule has 0 radical (unpaired) electrons. The molecule has 0 aliphatic carbocycles. The molecule has 0 atom stereocenters. The van der Waals surface area contributed by atoms with E-state index in [4.69, 9.17) is 9.15 Å². The van der Waals surface area contributed by atoms with Crippen LogP contribution in [0.5, 0.6) is 5.75 Å². The zero-order valence-electron chi connectivity index (χ0n) is 13.5. The number of ether oxygens (including phenoxy) is 1. The van der Waals surface area contributed by atoms with Crippen molar-refractivity contribution in [1.82, 2.24) is 4.98 Å². The summed E-state index contributed by atoms with van der Waals surface area (Å²) in [7, 11) is 1.64. The third-order valence-electron chi connectivity index (χ3n) is 3.58.